The van der Waals surface area contributed by atoms with Gasteiger partial charge >= 0.3 is 5.97 Å². The lowest BCUT2D eigenvalue weighted by Crippen LogP contribution is -2.11. The molecule has 1 N–H and O–H groups in total. The molecule has 0 saturated heterocycles. The van der Waals surface area contributed by atoms with Crippen molar-refractivity contribution in [1.82, 2.24) is 0 Å². The van der Waals surface area contributed by atoms with Crippen LogP contribution in [-0.2, 0) is 14.1 Å². The van der Waals surface area contributed by atoms with Crippen LogP contribution in [0.15, 0.2) is 42.5 Å². The van der Waals surface area contributed by atoms with Crippen LogP contribution in [0.5, 0.6) is 0 Å². The van der Waals surface area contributed by atoms with Gasteiger partial charge in [0.15, 0.2) is 0 Å². The van der Waals surface area contributed by atoms with Gasteiger partial charge in [-0.1, -0.05) is 24.8 Å². The summed E-state index contributed by atoms with van der Waals surface area (Å²) in [5.41, 5.74) is 0.324. The second-order valence-corrected chi connectivity index (χ2v) is 6.40. The number of esters is 1. The van der Waals surface area contributed by atoms with E-state index < -0.39 is 13.3 Å². The molecule has 1 atom stereocenters. The van der Waals surface area contributed by atoms with Crippen molar-refractivity contribution in [2.75, 3.05) is 12.8 Å². The smallest absolute Gasteiger partial charge is 0.333 e. The summed E-state index contributed by atoms with van der Waals surface area (Å²) in [5.74, 6) is -0.470. The summed E-state index contributed by atoms with van der Waals surface area (Å²) in [6, 6.07) is 8.48. The minimum Gasteiger partial charge on any atom is -0.462 e. The van der Waals surface area contributed by atoms with Crippen LogP contribution in [0, 0.1) is 0 Å². The molecule has 18 heavy (non-hydrogen) atoms. The summed E-state index contributed by atoms with van der Waals surface area (Å²) >= 11 is 0. The maximum absolute atomic E-state index is 12.0. The second kappa shape index (κ2) is 6.53. The number of carbonyl (C=O) groups is 1. The number of rotatable bonds is 6. The molecule has 1 unspecified atom stereocenters. The molecule has 1 rings (SSSR count). The molecule has 0 heterocycles. The quantitative estimate of drug-likeness (QED) is 0.371. The van der Waals surface area contributed by atoms with Gasteiger partial charge in [-0.3, -0.25) is 4.57 Å². The van der Waals surface area contributed by atoms with Crippen LogP contribution in [0.1, 0.15) is 13.3 Å². The van der Waals surface area contributed by atoms with E-state index in [2.05, 4.69) is 6.58 Å². The van der Waals surface area contributed by atoms with Crippen molar-refractivity contribution in [2.45, 2.75) is 13.3 Å². The molecule has 0 aromatic heterocycles. The fourth-order valence-corrected chi connectivity index (χ4v) is 2.81. The predicted octanol–water partition coefficient (Wildman–Crippen LogP) is 2.09. The molecule has 0 radical (unpaired) electrons. The summed E-state index contributed by atoms with van der Waals surface area (Å²) < 4.78 is 16.9. The first kappa shape index (κ1) is 14.7. The molecule has 0 saturated carbocycles. The normalized spacial score (nSPS) is 13.7. The Bertz CT molecular complexity index is 467. The van der Waals surface area contributed by atoms with Crippen molar-refractivity contribution < 1.29 is 19.0 Å². The Morgan fingerprint density at radius 3 is 2.56 bits per heavy atom. The molecular weight excluding hydrogens is 251 g/mol. The van der Waals surface area contributed by atoms with Crippen LogP contribution in [0.2, 0.25) is 0 Å². The third-order valence-corrected chi connectivity index (χ3v) is 4.37. The zero-order chi connectivity index (χ0) is 13.6. The highest BCUT2D eigenvalue weighted by molar-refractivity contribution is 7.66. The molecule has 98 valence electrons. The highest BCUT2D eigenvalue weighted by Gasteiger charge is 2.20. The van der Waals surface area contributed by atoms with Gasteiger partial charge in [0.05, 0.1) is 6.61 Å². The lowest BCUT2D eigenvalue weighted by atomic mass is 10.4. The Labute approximate surface area is 107 Å². The number of ether oxygens (including phenoxy) is 1. The van der Waals surface area contributed by atoms with Gasteiger partial charge in [-0.05, 0) is 25.5 Å². The average Bonchev–Trinajstić information content (AvgIpc) is 2.35. The van der Waals surface area contributed by atoms with Gasteiger partial charge in [-0.25, -0.2) is 4.79 Å². The minimum atomic E-state index is -3.34. The van der Waals surface area contributed by atoms with Gasteiger partial charge in [0, 0.05) is 17.0 Å². The van der Waals surface area contributed by atoms with Crippen LogP contribution in [0.3, 0.4) is 0 Å². The Balaban J connectivity index is 2.42. The van der Waals surface area contributed by atoms with Crippen LogP contribution in [0.25, 0.3) is 0 Å². The zero-order valence-electron chi connectivity index (χ0n) is 10.3. The van der Waals surface area contributed by atoms with Crippen LogP contribution in [0.4, 0.5) is 0 Å². The molecular formula is C13H17O4P. The SMILES string of the molecule is C=C(C)C(=O)OCCCP(=O)(O)c1ccccc1. The van der Waals surface area contributed by atoms with Crippen LogP contribution < -0.4 is 5.30 Å². The second-order valence-electron chi connectivity index (χ2n) is 4.03. The summed E-state index contributed by atoms with van der Waals surface area (Å²) in [6.07, 6.45) is 0.447. The van der Waals surface area contributed by atoms with E-state index >= 15 is 0 Å². The molecule has 0 aliphatic carbocycles. The minimum absolute atomic E-state index is 0.0977. The lowest BCUT2D eigenvalue weighted by Gasteiger charge is -2.11. The van der Waals surface area contributed by atoms with Crippen molar-refractivity contribution >= 4 is 18.6 Å². The monoisotopic (exact) mass is 268 g/mol. The highest BCUT2D eigenvalue weighted by atomic mass is 31.2. The van der Waals surface area contributed by atoms with Gasteiger partial charge in [0.2, 0.25) is 7.37 Å². The fourth-order valence-electron chi connectivity index (χ4n) is 1.36. The Morgan fingerprint density at radius 2 is 2.00 bits per heavy atom. The molecule has 1 aromatic rings. The third-order valence-electron chi connectivity index (χ3n) is 2.35. The fraction of sp³-hybridized carbons (Fsp3) is 0.308. The van der Waals surface area contributed by atoms with Crippen LogP contribution in [-0.4, -0.2) is 23.6 Å². The largest absolute Gasteiger partial charge is 0.462 e. The number of carbonyl (C=O) groups excluding carboxylic acids is 1. The maximum atomic E-state index is 12.0. The highest BCUT2D eigenvalue weighted by Crippen LogP contribution is 2.39. The first-order valence-corrected chi connectivity index (χ1v) is 7.48. The van der Waals surface area contributed by atoms with Gasteiger partial charge in [-0.2, -0.15) is 0 Å². The van der Waals surface area contributed by atoms with E-state index in [0.29, 0.717) is 17.3 Å². The van der Waals surface area contributed by atoms with Gasteiger partial charge in [0.25, 0.3) is 0 Å². The summed E-state index contributed by atoms with van der Waals surface area (Å²) in [7, 11) is -3.34. The molecule has 0 bridgehead atoms. The first-order chi connectivity index (χ1) is 8.43. The van der Waals surface area contributed by atoms with Crippen molar-refractivity contribution in [3.05, 3.63) is 42.5 Å². The van der Waals surface area contributed by atoms with Crippen molar-refractivity contribution in [2.24, 2.45) is 0 Å². The summed E-state index contributed by atoms with van der Waals surface area (Å²) in [6.45, 7) is 5.14. The maximum Gasteiger partial charge on any atom is 0.333 e. The van der Waals surface area contributed by atoms with Crippen molar-refractivity contribution in [3.63, 3.8) is 0 Å². The number of benzene rings is 1. The van der Waals surface area contributed by atoms with Gasteiger partial charge in [0.1, 0.15) is 0 Å². The predicted molar refractivity (Wildman–Crippen MR) is 71.2 cm³/mol. The molecule has 0 aliphatic heterocycles. The standard InChI is InChI=1S/C13H17O4P/c1-11(2)13(14)17-9-6-10-18(15,16)12-7-4-3-5-8-12/h3-5,7-8H,1,6,9-10H2,2H3,(H,15,16). The van der Waals surface area contributed by atoms with Gasteiger partial charge in [-0.15, -0.1) is 0 Å². The third kappa shape index (κ3) is 4.47. The summed E-state index contributed by atoms with van der Waals surface area (Å²) in [4.78, 5) is 20.9. The Kier molecular flexibility index (Phi) is 5.32. The molecule has 4 nitrogen and oxygen atoms in total. The number of hydrogen-bond donors (Lipinski definition) is 1. The molecule has 5 heteroatoms. The van der Waals surface area contributed by atoms with E-state index in [1.807, 2.05) is 0 Å². The molecule has 0 spiro atoms. The van der Waals surface area contributed by atoms with Crippen LogP contribution >= 0.6 is 7.37 Å². The zero-order valence-corrected chi connectivity index (χ0v) is 11.2. The van der Waals surface area contributed by atoms with E-state index in [0.717, 1.165) is 0 Å². The molecule has 0 fully saturated rings. The molecule has 0 aliphatic rings. The first-order valence-electron chi connectivity index (χ1n) is 5.63. The topological polar surface area (TPSA) is 63.6 Å². The molecule has 0 amide bonds. The van der Waals surface area contributed by atoms with E-state index in [1.54, 1.807) is 37.3 Å². The Morgan fingerprint density at radius 1 is 1.39 bits per heavy atom. The average molecular weight is 268 g/mol. The lowest BCUT2D eigenvalue weighted by molar-refractivity contribution is -0.138. The molecule has 1 aromatic carbocycles. The van der Waals surface area contributed by atoms with Gasteiger partial charge < -0.3 is 9.63 Å². The van der Waals surface area contributed by atoms with Crippen molar-refractivity contribution in [1.29, 1.82) is 0 Å². The number of hydrogen-bond acceptors (Lipinski definition) is 3. The summed E-state index contributed by atoms with van der Waals surface area (Å²) in [5, 5.41) is 0.427. The van der Waals surface area contributed by atoms with Crippen molar-refractivity contribution in [3.8, 4) is 0 Å². The van der Waals surface area contributed by atoms with E-state index in [9.17, 15) is 14.3 Å². The van der Waals surface area contributed by atoms with E-state index in [4.69, 9.17) is 4.74 Å². The van der Waals surface area contributed by atoms with E-state index in [-0.39, 0.29) is 12.8 Å². The van der Waals surface area contributed by atoms with E-state index in [1.165, 1.54) is 0 Å². The Hall–Kier alpha value is -1.38.